The van der Waals surface area contributed by atoms with Gasteiger partial charge in [0.15, 0.2) is 6.10 Å². The molecule has 0 unspecified atom stereocenters. The van der Waals surface area contributed by atoms with Crippen molar-refractivity contribution in [1.29, 1.82) is 0 Å². The Hall–Kier alpha value is -1.45. The summed E-state index contributed by atoms with van der Waals surface area (Å²) < 4.78 is 31.5. The first kappa shape index (κ1) is 20.9. The van der Waals surface area contributed by atoms with Crippen LogP contribution in [-0.2, 0) is 24.3 Å². The lowest BCUT2D eigenvalue weighted by molar-refractivity contribution is -0.154. The van der Waals surface area contributed by atoms with Gasteiger partial charge in [0.25, 0.3) is 5.91 Å². The number of nitrogens with one attached hydrogen (secondary N) is 2. The van der Waals surface area contributed by atoms with Crippen LogP contribution >= 0.6 is 11.3 Å². The molecule has 0 radical (unpaired) electrons. The normalized spacial score (nSPS) is 17.3. The van der Waals surface area contributed by atoms with Crippen LogP contribution in [0.5, 0.6) is 0 Å². The molecule has 146 valence electrons. The lowest BCUT2D eigenvalue weighted by atomic mass is 10.1. The molecule has 7 nitrogen and oxygen atoms in total. The molecule has 1 heterocycles. The minimum atomic E-state index is -3.60. The van der Waals surface area contributed by atoms with Crippen LogP contribution in [0.25, 0.3) is 0 Å². The third-order valence-electron chi connectivity index (χ3n) is 4.26. The predicted octanol–water partition coefficient (Wildman–Crippen LogP) is 2.19. The molecule has 2 rings (SSSR count). The van der Waals surface area contributed by atoms with Gasteiger partial charge >= 0.3 is 5.97 Å². The number of sulfonamides is 1. The van der Waals surface area contributed by atoms with Gasteiger partial charge in [-0.15, -0.1) is 11.3 Å². The van der Waals surface area contributed by atoms with Gasteiger partial charge in [-0.25, -0.2) is 13.1 Å². The summed E-state index contributed by atoms with van der Waals surface area (Å²) in [4.78, 5) is 24.0. The minimum Gasteiger partial charge on any atom is -0.453 e. The van der Waals surface area contributed by atoms with E-state index in [0.29, 0.717) is 0 Å². The summed E-state index contributed by atoms with van der Waals surface area (Å²) in [5, 5.41) is 4.60. The second-order valence-corrected chi connectivity index (χ2v) is 9.35. The fraction of sp³-hybridized carbons (Fsp3) is 0.647. The summed E-state index contributed by atoms with van der Waals surface area (Å²) >= 11 is 1.10. The monoisotopic (exact) mass is 402 g/mol. The maximum atomic E-state index is 12.1. The molecule has 0 aromatic carbocycles. The average molecular weight is 403 g/mol. The van der Waals surface area contributed by atoms with Crippen LogP contribution in [0.4, 0.5) is 0 Å². The third-order valence-corrected chi connectivity index (χ3v) is 7.12. The van der Waals surface area contributed by atoms with Gasteiger partial charge in [0.1, 0.15) is 4.21 Å². The number of hydrogen-bond acceptors (Lipinski definition) is 6. The number of amides is 1. The van der Waals surface area contributed by atoms with Gasteiger partial charge in [-0.05, 0) is 31.2 Å². The molecule has 2 N–H and O–H groups in total. The van der Waals surface area contributed by atoms with E-state index in [4.69, 9.17) is 4.74 Å². The highest BCUT2D eigenvalue weighted by molar-refractivity contribution is 7.91. The van der Waals surface area contributed by atoms with Gasteiger partial charge < -0.3 is 10.1 Å². The lowest BCUT2D eigenvalue weighted by Gasteiger charge is -2.19. The van der Waals surface area contributed by atoms with E-state index in [1.807, 2.05) is 0 Å². The Labute approximate surface area is 158 Å². The largest absolute Gasteiger partial charge is 0.453 e. The van der Waals surface area contributed by atoms with Crippen LogP contribution in [0.3, 0.4) is 0 Å². The van der Waals surface area contributed by atoms with Crippen molar-refractivity contribution in [3.8, 4) is 0 Å². The zero-order valence-corrected chi connectivity index (χ0v) is 16.5. The van der Waals surface area contributed by atoms with Crippen LogP contribution in [0, 0.1) is 0 Å². The molecular formula is C17H26N2O5S2. The molecule has 0 saturated heterocycles. The van der Waals surface area contributed by atoms with E-state index in [1.165, 1.54) is 25.8 Å². The van der Waals surface area contributed by atoms with Crippen molar-refractivity contribution in [3.05, 3.63) is 17.5 Å². The minimum absolute atomic E-state index is 0.0734. The Morgan fingerprint density at radius 1 is 1.27 bits per heavy atom. The molecule has 0 bridgehead atoms. The third kappa shape index (κ3) is 6.69. The first-order valence-electron chi connectivity index (χ1n) is 8.91. The number of carbonyl (C=O) groups excluding carboxylic acids is 2. The van der Waals surface area contributed by atoms with E-state index in [-0.39, 0.29) is 29.1 Å². The summed E-state index contributed by atoms with van der Waals surface area (Å²) in [6, 6.07) is 3.27. The highest BCUT2D eigenvalue weighted by Gasteiger charge is 2.22. The van der Waals surface area contributed by atoms with Crippen LogP contribution in [0.1, 0.15) is 51.9 Å². The molecule has 1 aliphatic rings. The molecule has 0 spiro atoms. The molecule has 1 amide bonds. The topological polar surface area (TPSA) is 102 Å². The molecule has 1 saturated carbocycles. The molecule has 0 aliphatic heterocycles. The maximum Gasteiger partial charge on any atom is 0.307 e. The summed E-state index contributed by atoms with van der Waals surface area (Å²) in [5.74, 6) is -0.910. The number of ether oxygens (including phenoxy) is 1. The van der Waals surface area contributed by atoms with Crippen molar-refractivity contribution in [2.45, 2.75) is 68.2 Å². The summed E-state index contributed by atoms with van der Waals surface area (Å²) in [6.45, 7) is 1.45. The standard InChI is InChI=1S/C17H26N2O5S2/c1-13(17(21)19-14-7-4-2-3-5-8-14)24-15(20)10-11-18-26(22,23)16-9-6-12-25-16/h6,9,12-14,18H,2-5,7-8,10-11H2,1H3,(H,19,21)/t13-/m0/s1. The number of rotatable bonds is 8. The van der Waals surface area contributed by atoms with Gasteiger partial charge in [-0.3, -0.25) is 9.59 Å². The lowest BCUT2D eigenvalue weighted by Crippen LogP contribution is -2.42. The van der Waals surface area contributed by atoms with Crippen LogP contribution in [0.15, 0.2) is 21.7 Å². The fourth-order valence-corrected chi connectivity index (χ4v) is 4.90. The number of thiophene rings is 1. The number of carbonyl (C=O) groups is 2. The van der Waals surface area contributed by atoms with E-state index >= 15 is 0 Å². The molecule has 9 heteroatoms. The van der Waals surface area contributed by atoms with Gasteiger partial charge in [-0.2, -0.15) is 0 Å². The van der Waals surface area contributed by atoms with Gasteiger partial charge in [0, 0.05) is 12.6 Å². The van der Waals surface area contributed by atoms with Gasteiger partial charge in [-0.1, -0.05) is 31.7 Å². The zero-order chi connectivity index (χ0) is 19.0. The van der Waals surface area contributed by atoms with Gasteiger partial charge in [0.2, 0.25) is 10.0 Å². The average Bonchev–Trinajstić information content (AvgIpc) is 3.02. The van der Waals surface area contributed by atoms with Crippen molar-refractivity contribution >= 4 is 33.2 Å². The summed E-state index contributed by atoms with van der Waals surface area (Å²) in [6.07, 6.45) is 5.47. The quantitative estimate of drug-likeness (QED) is 0.513. The van der Waals surface area contributed by atoms with E-state index in [0.717, 1.165) is 37.0 Å². The highest BCUT2D eigenvalue weighted by Crippen LogP contribution is 2.17. The zero-order valence-electron chi connectivity index (χ0n) is 14.9. The smallest absolute Gasteiger partial charge is 0.307 e. The van der Waals surface area contributed by atoms with Crippen molar-refractivity contribution in [2.24, 2.45) is 0 Å². The Bertz CT molecular complexity index is 680. The van der Waals surface area contributed by atoms with E-state index < -0.39 is 22.1 Å². The number of hydrogen-bond donors (Lipinski definition) is 2. The first-order chi connectivity index (χ1) is 12.4. The predicted molar refractivity (Wildman–Crippen MR) is 99.3 cm³/mol. The Kier molecular flexibility index (Phi) is 8.05. The van der Waals surface area contributed by atoms with Crippen molar-refractivity contribution < 1.29 is 22.7 Å². The second-order valence-electron chi connectivity index (χ2n) is 6.41. The summed E-state index contributed by atoms with van der Waals surface area (Å²) in [5.41, 5.74) is 0. The Balaban J connectivity index is 1.70. The molecule has 1 aliphatic carbocycles. The second kappa shape index (κ2) is 10.0. The van der Waals surface area contributed by atoms with Crippen molar-refractivity contribution in [2.75, 3.05) is 6.54 Å². The van der Waals surface area contributed by atoms with Crippen LogP contribution in [0.2, 0.25) is 0 Å². The van der Waals surface area contributed by atoms with Crippen LogP contribution < -0.4 is 10.0 Å². The molecule has 1 aromatic rings. The van der Waals surface area contributed by atoms with Crippen LogP contribution in [-0.4, -0.2) is 39.0 Å². The summed E-state index contributed by atoms with van der Waals surface area (Å²) in [7, 11) is -3.60. The maximum absolute atomic E-state index is 12.1. The molecule has 1 fully saturated rings. The molecular weight excluding hydrogens is 376 g/mol. The Morgan fingerprint density at radius 3 is 2.58 bits per heavy atom. The number of esters is 1. The highest BCUT2D eigenvalue weighted by atomic mass is 32.2. The van der Waals surface area contributed by atoms with Crippen molar-refractivity contribution in [3.63, 3.8) is 0 Å². The van der Waals surface area contributed by atoms with Gasteiger partial charge in [0.05, 0.1) is 6.42 Å². The molecule has 1 atom stereocenters. The Morgan fingerprint density at radius 2 is 1.96 bits per heavy atom. The first-order valence-corrected chi connectivity index (χ1v) is 11.3. The van der Waals surface area contributed by atoms with Crippen molar-refractivity contribution in [1.82, 2.24) is 10.0 Å². The van der Waals surface area contributed by atoms with E-state index in [2.05, 4.69) is 10.0 Å². The molecule has 26 heavy (non-hydrogen) atoms. The fourth-order valence-electron chi connectivity index (χ4n) is 2.83. The molecule has 1 aromatic heterocycles. The SMILES string of the molecule is C[C@H](OC(=O)CCNS(=O)(=O)c1cccs1)C(=O)NC1CCCCCC1. The van der Waals surface area contributed by atoms with E-state index in [9.17, 15) is 18.0 Å². The van der Waals surface area contributed by atoms with E-state index in [1.54, 1.807) is 11.4 Å².